The minimum atomic E-state index is -0.363. The molecule has 0 aliphatic carbocycles. The molecule has 2 rings (SSSR count). The van der Waals surface area contributed by atoms with E-state index in [1.807, 2.05) is 30.3 Å². The highest BCUT2D eigenvalue weighted by Gasteiger charge is 2.07. The fourth-order valence-electron chi connectivity index (χ4n) is 1.99. The lowest BCUT2D eigenvalue weighted by molar-refractivity contribution is -0.116. The molecule has 5 nitrogen and oxygen atoms in total. The van der Waals surface area contributed by atoms with E-state index in [4.69, 9.17) is 23.8 Å². The first-order valence-electron chi connectivity index (χ1n) is 7.92. The molecule has 26 heavy (non-hydrogen) atoms. The van der Waals surface area contributed by atoms with E-state index < -0.39 is 0 Å². The highest BCUT2D eigenvalue weighted by molar-refractivity contribution is 7.80. The molecular weight excluding hydrogens is 370 g/mol. The Hall–Kier alpha value is -2.70. The number of nitrogens with one attached hydrogen (secondary N) is 3. The Morgan fingerprint density at radius 3 is 2.54 bits per heavy atom. The quantitative estimate of drug-likeness (QED) is 0.530. The molecule has 2 aromatic carbocycles. The second-order valence-corrected chi connectivity index (χ2v) is 6.10. The van der Waals surface area contributed by atoms with E-state index in [-0.39, 0.29) is 16.9 Å². The summed E-state index contributed by atoms with van der Waals surface area (Å²) in [5.41, 5.74) is 1.98. The molecule has 0 aliphatic rings. The first-order chi connectivity index (χ1) is 12.5. The van der Waals surface area contributed by atoms with Crippen molar-refractivity contribution in [3.63, 3.8) is 0 Å². The Morgan fingerprint density at radius 1 is 1.12 bits per heavy atom. The van der Waals surface area contributed by atoms with Crippen molar-refractivity contribution in [2.75, 3.05) is 10.6 Å². The smallest absolute Gasteiger partial charge is 0.250 e. The minimum absolute atomic E-state index is 0.105. The zero-order valence-corrected chi connectivity index (χ0v) is 15.7. The monoisotopic (exact) mass is 387 g/mol. The molecule has 3 N–H and O–H groups in total. The van der Waals surface area contributed by atoms with E-state index in [0.717, 1.165) is 5.56 Å². The van der Waals surface area contributed by atoms with Gasteiger partial charge in [0.25, 0.3) is 0 Å². The molecule has 7 heteroatoms. The largest absolute Gasteiger partial charge is 0.331 e. The first-order valence-corrected chi connectivity index (χ1v) is 8.71. The molecular formula is C19H18ClN3O2S. The van der Waals surface area contributed by atoms with Crippen molar-refractivity contribution >= 4 is 58.2 Å². The van der Waals surface area contributed by atoms with Crippen LogP contribution >= 0.6 is 23.8 Å². The van der Waals surface area contributed by atoms with Gasteiger partial charge in [-0.2, -0.15) is 0 Å². The van der Waals surface area contributed by atoms with Crippen molar-refractivity contribution in [3.8, 4) is 0 Å². The van der Waals surface area contributed by atoms with Crippen LogP contribution in [-0.4, -0.2) is 16.9 Å². The molecule has 0 unspecified atom stereocenters. The van der Waals surface area contributed by atoms with Crippen LogP contribution in [0.25, 0.3) is 6.08 Å². The third-order valence-electron chi connectivity index (χ3n) is 3.28. The van der Waals surface area contributed by atoms with Gasteiger partial charge in [-0.15, -0.1) is 0 Å². The maximum atomic E-state index is 11.9. The highest BCUT2D eigenvalue weighted by Crippen LogP contribution is 2.25. The minimum Gasteiger partial charge on any atom is -0.331 e. The van der Waals surface area contributed by atoms with Crippen LogP contribution in [0.15, 0.2) is 54.6 Å². The summed E-state index contributed by atoms with van der Waals surface area (Å²) >= 11 is 11.3. The number of anilines is 2. The van der Waals surface area contributed by atoms with Crippen LogP contribution in [-0.2, 0) is 9.59 Å². The number of carbonyl (C=O) groups is 2. The number of thiocarbonyl (C=S) groups is 1. The van der Waals surface area contributed by atoms with Gasteiger partial charge in [0.05, 0.1) is 10.7 Å². The zero-order chi connectivity index (χ0) is 18.9. The molecule has 0 spiro atoms. The average molecular weight is 388 g/mol. The van der Waals surface area contributed by atoms with E-state index in [1.165, 1.54) is 6.08 Å². The van der Waals surface area contributed by atoms with E-state index in [0.29, 0.717) is 22.8 Å². The summed E-state index contributed by atoms with van der Waals surface area (Å²) in [5.74, 6) is -0.474. The van der Waals surface area contributed by atoms with Crippen molar-refractivity contribution in [2.24, 2.45) is 0 Å². The first kappa shape index (κ1) is 19.6. The van der Waals surface area contributed by atoms with Crippen molar-refractivity contribution in [2.45, 2.75) is 13.3 Å². The van der Waals surface area contributed by atoms with Crippen LogP contribution in [0.4, 0.5) is 11.4 Å². The number of hydrogen-bond acceptors (Lipinski definition) is 3. The summed E-state index contributed by atoms with van der Waals surface area (Å²) in [5, 5.41) is 8.65. The lowest BCUT2D eigenvalue weighted by Crippen LogP contribution is -2.32. The van der Waals surface area contributed by atoms with Gasteiger partial charge in [-0.1, -0.05) is 48.9 Å². The third-order valence-corrected chi connectivity index (χ3v) is 3.82. The van der Waals surface area contributed by atoms with Gasteiger partial charge in [-0.25, -0.2) is 0 Å². The fraction of sp³-hybridized carbons (Fsp3) is 0.105. The van der Waals surface area contributed by atoms with Crippen LogP contribution in [0.1, 0.15) is 18.9 Å². The molecule has 0 heterocycles. The standard InChI is InChI=1S/C19H18ClN3O2S/c1-2-17(24)21-14-9-10-15(20)16(12-14)22-19(26)23-18(25)11-8-13-6-4-3-5-7-13/h3-12H,2H2,1H3,(H,21,24)(H2,22,23,25,26)/b11-8+. The molecule has 2 amide bonds. The molecule has 0 radical (unpaired) electrons. The predicted octanol–water partition coefficient (Wildman–Crippen LogP) is 4.21. The Balaban J connectivity index is 1.96. The van der Waals surface area contributed by atoms with Crippen LogP contribution in [0.3, 0.4) is 0 Å². The highest BCUT2D eigenvalue weighted by atomic mass is 35.5. The summed E-state index contributed by atoms with van der Waals surface area (Å²) in [6, 6.07) is 14.4. The average Bonchev–Trinajstić information content (AvgIpc) is 2.63. The Kier molecular flexibility index (Phi) is 7.32. The van der Waals surface area contributed by atoms with E-state index >= 15 is 0 Å². The lowest BCUT2D eigenvalue weighted by Gasteiger charge is -2.12. The van der Waals surface area contributed by atoms with Crippen molar-refractivity contribution in [3.05, 3.63) is 65.2 Å². The second-order valence-electron chi connectivity index (χ2n) is 5.28. The Labute approximate surface area is 162 Å². The van der Waals surface area contributed by atoms with Crippen LogP contribution < -0.4 is 16.0 Å². The van der Waals surface area contributed by atoms with Gasteiger partial charge < -0.3 is 10.6 Å². The van der Waals surface area contributed by atoms with Gasteiger partial charge in [0.15, 0.2) is 5.11 Å². The van der Waals surface area contributed by atoms with Crippen LogP contribution in [0.5, 0.6) is 0 Å². The van der Waals surface area contributed by atoms with Crippen LogP contribution in [0, 0.1) is 0 Å². The maximum absolute atomic E-state index is 11.9. The number of benzene rings is 2. The number of rotatable bonds is 5. The van der Waals surface area contributed by atoms with Crippen LogP contribution in [0.2, 0.25) is 5.02 Å². The summed E-state index contributed by atoms with van der Waals surface area (Å²) in [7, 11) is 0. The summed E-state index contributed by atoms with van der Waals surface area (Å²) in [6.07, 6.45) is 3.45. The van der Waals surface area contributed by atoms with Gasteiger partial charge in [0.1, 0.15) is 0 Å². The molecule has 134 valence electrons. The molecule has 2 aromatic rings. The van der Waals surface area contributed by atoms with E-state index in [9.17, 15) is 9.59 Å². The molecule has 0 bridgehead atoms. The van der Waals surface area contributed by atoms with E-state index in [1.54, 1.807) is 31.2 Å². The summed E-state index contributed by atoms with van der Waals surface area (Å²) in [6.45, 7) is 1.76. The maximum Gasteiger partial charge on any atom is 0.250 e. The topological polar surface area (TPSA) is 70.2 Å². The summed E-state index contributed by atoms with van der Waals surface area (Å²) < 4.78 is 0. The molecule has 0 fully saturated rings. The van der Waals surface area contributed by atoms with Gasteiger partial charge >= 0.3 is 0 Å². The molecule has 0 saturated carbocycles. The van der Waals surface area contributed by atoms with Gasteiger partial charge in [0.2, 0.25) is 11.8 Å². The molecule has 0 atom stereocenters. The Morgan fingerprint density at radius 2 is 1.85 bits per heavy atom. The van der Waals surface area contributed by atoms with Crippen molar-refractivity contribution in [1.82, 2.24) is 5.32 Å². The summed E-state index contributed by atoms with van der Waals surface area (Å²) in [4.78, 5) is 23.4. The van der Waals surface area contributed by atoms with Crippen molar-refractivity contribution < 1.29 is 9.59 Å². The SMILES string of the molecule is CCC(=O)Nc1ccc(Cl)c(NC(=S)NC(=O)/C=C/c2ccccc2)c1. The predicted molar refractivity (Wildman–Crippen MR) is 110 cm³/mol. The van der Waals surface area contributed by atoms with Gasteiger partial charge in [-0.3, -0.25) is 14.9 Å². The van der Waals surface area contributed by atoms with E-state index in [2.05, 4.69) is 16.0 Å². The lowest BCUT2D eigenvalue weighted by atomic mass is 10.2. The number of amides is 2. The molecule has 0 saturated heterocycles. The fourth-order valence-corrected chi connectivity index (χ4v) is 2.37. The zero-order valence-electron chi connectivity index (χ0n) is 14.1. The van der Waals surface area contributed by atoms with Gasteiger partial charge in [0, 0.05) is 18.2 Å². The number of halogens is 1. The third kappa shape index (κ3) is 6.31. The number of carbonyl (C=O) groups excluding carboxylic acids is 2. The van der Waals surface area contributed by atoms with Gasteiger partial charge in [-0.05, 0) is 42.1 Å². The number of hydrogen-bond donors (Lipinski definition) is 3. The second kappa shape index (κ2) is 9.70. The molecule has 0 aromatic heterocycles. The molecule has 0 aliphatic heterocycles. The van der Waals surface area contributed by atoms with Crippen molar-refractivity contribution in [1.29, 1.82) is 0 Å². The Bertz CT molecular complexity index is 838. The normalized spacial score (nSPS) is 10.4.